The highest BCUT2D eigenvalue weighted by Crippen LogP contribution is 2.47. The van der Waals surface area contributed by atoms with Crippen LogP contribution < -0.4 is 5.32 Å². The predicted octanol–water partition coefficient (Wildman–Crippen LogP) is 2.53. The topological polar surface area (TPSA) is 74.5 Å². The molecule has 7 nitrogen and oxygen atoms in total. The van der Waals surface area contributed by atoms with E-state index in [4.69, 9.17) is 4.52 Å². The number of nitrogens with zero attached hydrogens (tertiary/aromatic N) is 4. The van der Waals surface area contributed by atoms with Gasteiger partial charge in [0.1, 0.15) is 0 Å². The van der Waals surface area contributed by atoms with Gasteiger partial charge in [0.2, 0.25) is 0 Å². The van der Waals surface area contributed by atoms with Gasteiger partial charge in [-0.1, -0.05) is 23.4 Å². The number of urea groups is 1. The number of hydrogen-bond donors (Lipinski definition) is 1. The average molecular weight is 355 g/mol. The van der Waals surface area contributed by atoms with Gasteiger partial charge in [-0.2, -0.15) is 4.98 Å². The highest BCUT2D eigenvalue weighted by atomic mass is 16.5. The number of aromatic nitrogens is 2. The van der Waals surface area contributed by atoms with Crippen molar-refractivity contribution in [2.45, 2.75) is 25.3 Å². The van der Waals surface area contributed by atoms with E-state index in [2.05, 4.69) is 27.4 Å². The minimum atomic E-state index is 0.0217. The third-order valence-electron chi connectivity index (χ3n) is 5.83. The summed E-state index contributed by atoms with van der Waals surface area (Å²) in [5.41, 5.74) is 1.18. The molecule has 0 aliphatic carbocycles. The maximum atomic E-state index is 11.8. The highest BCUT2D eigenvalue weighted by molar-refractivity contribution is 5.73. The van der Waals surface area contributed by atoms with Crippen LogP contribution in [0.25, 0.3) is 11.5 Å². The van der Waals surface area contributed by atoms with Crippen LogP contribution >= 0.6 is 0 Å². The molecule has 1 atom stereocenters. The molecule has 0 saturated carbocycles. The molecule has 3 heterocycles. The van der Waals surface area contributed by atoms with Gasteiger partial charge in [0.25, 0.3) is 5.89 Å². The summed E-state index contributed by atoms with van der Waals surface area (Å²) in [5, 5.41) is 6.98. The highest BCUT2D eigenvalue weighted by Gasteiger charge is 2.46. The molecule has 26 heavy (non-hydrogen) atoms. The fourth-order valence-electron chi connectivity index (χ4n) is 4.33. The number of amides is 2. The summed E-state index contributed by atoms with van der Waals surface area (Å²) in [4.78, 5) is 20.7. The van der Waals surface area contributed by atoms with Gasteiger partial charge in [-0.05, 0) is 43.9 Å². The number of piperidine rings is 1. The maximum absolute atomic E-state index is 11.8. The minimum absolute atomic E-state index is 0.0217. The summed E-state index contributed by atoms with van der Waals surface area (Å²) in [7, 11) is 3.82. The first kappa shape index (κ1) is 17.0. The first-order valence-electron chi connectivity index (χ1n) is 9.16. The number of rotatable bonds is 2. The van der Waals surface area contributed by atoms with Gasteiger partial charge in [-0.25, -0.2) is 4.79 Å². The maximum Gasteiger partial charge on any atom is 0.317 e. The Labute approximate surface area is 153 Å². The van der Waals surface area contributed by atoms with Gasteiger partial charge in [-0.3, -0.25) is 4.90 Å². The number of carbonyl (C=O) groups is 1. The van der Waals surface area contributed by atoms with Crippen molar-refractivity contribution < 1.29 is 9.32 Å². The molecule has 2 saturated heterocycles. The third kappa shape index (κ3) is 3.07. The second kappa shape index (κ2) is 6.72. The summed E-state index contributed by atoms with van der Waals surface area (Å²) in [6.07, 6.45) is 3.05. The van der Waals surface area contributed by atoms with Gasteiger partial charge in [0.05, 0.1) is 6.04 Å². The Morgan fingerprint density at radius 2 is 2.00 bits per heavy atom. The number of likely N-dealkylation sites (tertiary alicyclic amines) is 2. The van der Waals surface area contributed by atoms with Gasteiger partial charge in [0.15, 0.2) is 5.82 Å². The average Bonchev–Trinajstić information content (AvgIpc) is 3.27. The zero-order valence-electron chi connectivity index (χ0n) is 15.3. The van der Waals surface area contributed by atoms with Crippen LogP contribution in [-0.4, -0.2) is 59.7 Å². The van der Waals surface area contributed by atoms with Gasteiger partial charge < -0.3 is 14.7 Å². The van der Waals surface area contributed by atoms with Crippen molar-refractivity contribution in [2.75, 3.05) is 33.7 Å². The molecule has 4 rings (SSSR count). The zero-order chi connectivity index (χ0) is 18.1. The molecule has 1 unspecified atom stereocenters. The molecule has 1 N–H and O–H groups in total. The van der Waals surface area contributed by atoms with E-state index < -0.39 is 0 Å². The minimum Gasteiger partial charge on any atom is -0.341 e. The molecule has 2 amide bonds. The quantitative estimate of drug-likeness (QED) is 0.896. The molecule has 1 aromatic carbocycles. The molecule has 2 fully saturated rings. The lowest BCUT2D eigenvalue weighted by molar-refractivity contribution is 0.123. The normalized spacial score (nSPS) is 22.7. The SMILES string of the molecule is CNC(=O)N1CCC2(CC1)CC(c1noc(-c3ccccc3)n1)N(C)C2. The number of benzene rings is 1. The summed E-state index contributed by atoms with van der Waals surface area (Å²) in [5.74, 6) is 1.33. The van der Waals surface area contributed by atoms with Crippen molar-refractivity contribution in [1.29, 1.82) is 0 Å². The molecule has 2 aliphatic rings. The Morgan fingerprint density at radius 1 is 1.27 bits per heavy atom. The summed E-state index contributed by atoms with van der Waals surface area (Å²) >= 11 is 0. The Hall–Kier alpha value is -2.41. The molecular weight excluding hydrogens is 330 g/mol. The third-order valence-corrected chi connectivity index (χ3v) is 5.83. The van der Waals surface area contributed by atoms with Crippen molar-refractivity contribution in [3.05, 3.63) is 36.2 Å². The van der Waals surface area contributed by atoms with Crippen LogP contribution in [0.3, 0.4) is 0 Å². The van der Waals surface area contributed by atoms with Crippen molar-refractivity contribution in [1.82, 2.24) is 25.3 Å². The predicted molar refractivity (Wildman–Crippen MR) is 97.4 cm³/mol. The Balaban J connectivity index is 1.47. The number of nitrogens with one attached hydrogen (secondary N) is 1. The first-order valence-corrected chi connectivity index (χ1v) is 9.16. The van der Waals surface area contributed by atoms with Crippen molar-refractivity contribution in [2.24, 2.45) is 5.41 Å². The van der Waals surface area contributed by atoms with Crippen LogP contribution in [0.5, 0.6) is 0 Å². The number of carbonyl (C=O) groups excluding carboxylic acids is 1. The fourth-order valence-corrected chi connectivity index (χ4v) is 4.33. The second-order valence-corrected chi connectivity index (χ2v) is 7.50. The molecule has 7 heteroatoms. The molecule has 0 radical (unpaired) electrons. The Bertz CT molecular complexity index is 767. The Kier molecular flexibility index (Phi) is 4.40. The lowest BCUT2D eigenvalue weighted by Crippen LogP contribution is -2.47. The van der Waals surface area contributed by atoms with Crippen LogP contribution in [0.15, 0.2) is 34.9 Å². The summed E-state index contributed by atoms with van der Waals surface area (Å²) in [6.45, 7) is 2.62. The summed E-state index contributed by atoms with van der Waals surface area (Å²) < 4.78 is 5.50. The van der Waals surface area contributed by atoms with Crippen LogP contribution in [0.1, 0.15) is 31.1 Å². The molecular formula is C19H25N5O2. The summed E-state index contributed by atoms with van der Waals surface area (Å²) in [6, 6.07) is 10.1. The lowest BCUT2D eigenvalue weighted by Gasteiger charge is -2.39. The van der Waals surface area contributed by atoms with E-state index in [0.29, 0.717) is 5.89 Å². The molecule has 2 aromatic rings. The van der Waals surface area contributed by atoms with E-state index in [9.17, 15) is 4.79 Å². The van der Waals surface area contributed by atoms with E-state index in [1.54, 1.807) is 7.05 Å². The van der Waals surface area contributed by atoms with E-state index in [-0.39, 0.29) is 17.5 Å². The molecule has 1 spiro atoms. The molecule has 1 aromatic heterocycles. The van der Waals surface area contributed by atoms with Crippen LogP contribution in [0.4, 0.5) is 4.79 Å². The zero-order valence-corrected chi connectivity index (χ0v) is 15.3. The van der Waals surface area contributed by atoms with E-state index in [1.165, 1.54) is 0 Å². The van der Waals surface area contributed by atoms with Crippen molar-refractivity contribution in [3.8, 4) is 11.5 Å². The van der Waals surface area contributed by atoms with E-state index in [0.717, 1.165) is 50.3 Å². The second-order valence-electron chi connectivity index (χ2n) is 7.50. The molecule has 0 bridgehead atoms. The Morgan fingerprint density at radius 3 is 2.69 bits per heavy atom. The monoisotopic (exact) mass is 355 g/mol. The smallest absolute Gasteiger partial charge is 0.317 e. The molecule has 138 valence electrons. The van der Waals surface area contributed by atoms with E-state index in [1.807, 2.05) is 35.2 Å². The van der Waals surface area contributed by atoms with Gasteiger partial charge in [0, 0.05) is 32.2 Å². The largest absolute Gasteiger partial charge is 0.341 e. The molecule has 2 aliphatic heterocycles. The first-order chi connectivity index (χ1) is 12.6. The van der Waals surface area contributed by atoms with Gasteiger partial charge >= 0.3 is 6.03 Å². The van der Waals surface area contributed by atoms with Gasteiger partial charge in [-0.15, -0.1) is 0 Å². The van der Waals surface area contributed by atoms with Crippen LogP contribution in [0, 0.1) is 5.41 Å². The number of hydrogen-bond acceptors (Lipinski definition) is 5. The van der Waals surface area contributed by atoms with E-state index >= 15 is 0 Å². The van der Waals surface area contributed by atoms with Crippen LogP contribution in [-0.2, 0) is 0 Å². The standard InChI is InChI=1S/C19H25N5O2/c1-20-18(25)24-10-8-19(9-11-24)12-15(23(2)13-19)16-21-17(26-22-16)14-6-4-3-5-7-14/h3-7,15H,8-13H2,1-2H3,(H,20,25). The van der Waals surface area contributed by atoms with Crippen molar-refractivity contribution >= 4 is 6.03 Å². The fraction of sp³-hybridized carbons (Fsp3) is 0.526. The van der Waals surface area contributed by atoms with Crippen LogP contribution in [0.2, 0.25) is 0 Å². The van der Waals surface area contributed by atoms with Crippen molar-refractivity contribution in [3.63, 3.8) is 0 Å². The lowest BCUT2D eigenvalue weighted by atomic mass is 9.76.